The Morgan fingerprint density at radius 3 is 2.75 bits per heavy atom. The van der Waals surface area contributed by atoms with Crippen molar-refractivity contribution in [3.63, 3.8) is 0 Å². The molecule has 0 heterocycles. The van der Waals surface area contributed by atoms with Crippen LogP contribution in [0.15, 0.2) is 24.3 Å². The highest BCUT2D eigenvalue weighted by atomic mass is 16.5. The Labute approximate surface area is 96.9 Å². The SMILES string of the molecule is C/C=C/c1ccc(OCC2CC2)c(OC)c1. The van der Waals surface area contributed by atoms with Crippen LogP contribution in [0, 0.1) is 5.92 Å². The van der Waals surface area contributed by atoms with Gasteiger partial charge in [-0.15, -0.1) is 0 Å². The van der Waals surface area contributed by atoms with Gasteiger partial charge in [0.05, 0.1) is 13.7 Å². The van der Waals surface area contributed by atoms with Crippen LogP contribution in [-0.2, 0) is 0 Å². The van der Waals surface area contributed by atoms with Crippen LogP contribution >= 0.6 is 0 Å². The summed E-state index contributed by atoms with van der Waals surface area (Å²) in [4.78, 5) is 0. The molecule has 16 heavy (non-hydrogen) atoms. The Morgan fingerprint density at radius 1 is 1.31 bits per heavy atom. The molecule has 1 saturated carbocycles. The van der Waals surface area contributed by atoms with Crippen LogP contribution in [0.4, 0.5) is 0 Å². The first-order chi connectivity index (χ1) is 7.83. The zero-order valence-corrected chi connectivity index (χ0v) is 9.90. The van der Waals surface area contributed by atoms with Gasteiger partial charge < -0.3 is 9.47 Å². The predicted octanol–water partition coefficient (Wildman–Crippen LogP) is 3.52. The number of hydrogen-bond donors (Lipinski definition) is 0. The van der Waals surface area contributed by atoms with E-state index in [0.29, 0.717) is 0 Å². The molecule has 1 aromatic rings. The van der Waals surface area contributed by atoms with Crippen LogP contribution < -0.4 is 9.47 Å². The topological polar surface area (TPSA) is 18.5 Å². The largest absolute Gasteiger partial charge is 0.493 e. The van der Waals surface area contributed by atoms with E-state index in [1.807, 2.05) is 37.3 Å². The second kappa shape index (κ2) is 5.06. The van der Waals surface area contributed by atoms with Gasteiger partial charge >= 0.3 is 0 Å². The minimum atomic E-state index is 0.764. The molecule has 2 nitrogen and oxygen atoms in total. The maximum Gasteiger partial charge on any atom is 0.161 e. The van der Waals surface area contributed by atoms with Gasteiger partial charge in [0.2, 0.25) is 0 Å². The third-order valence-corrected chi connectivity index (χ3v) is 2.72. The lowest BCUT2D eigenvalue weighted by atomic mass is 10.2. The van der Waals surface area contributed by atoms with Crippen molar-refractivity contribution >= 4 is 6.08 Å². The van der Waals surface area contributed by atoms with Gasteiger partial charge in [0.25, 0.3) is 0 Å². The van der Waals surface area contributed by atoms with E-state index in [4.69, 9.17) is 9.47 Å². The van der Waals surface area contributed by atoms with E-state index in [0.717, 1.165) is 29.6 Å². The lowest BCUT2D eigenvalue weighted by Gasteiger charge is -2.10. The standard InChI is InChI=1S/C14H18O2/c1-3-4-11-7-8-13(14(9-11)15-2)16-10-12-5-6-12/h3-4,7-9,12H,5-6,10H2,1-2H3/b4-3+. The predicted molar refractivity (Wildman–Crippen MR) is 65.9 cm³/mol. The molecule has 1 aliphatic carbocycles. The molecule has 2 rings (SSSR count). The molecule has 1 fully saturated rings. The van der Waals surface area contributed by atoms with Crippen LogP contribution in [0.25, 0.3) is 6.08 Å². The summed E-state index contributed by atoms with van der Waals surface area (Å²) in [5.41, 5.74) is 1.14. The number of rotatable bonds is 5. The number of hydrogen-bond acceptors (Lipinski definition) is 2. The molecule has 0 unspecified atom stereocenters. The van der Waals surface area contributed by atoms with Crippen molar-refractivity contribution in [2.75, 3.05) is 13.7 Å². The molecule has 1 aliphatic rings. The summed E-state index contributed by atoms with van der Waals surface area (Å²) >= 11 is 0. The van der Waals surface area contributed by atoms with E-state index in [9.17, 15) is 0 Å². The highest BCUT2D eigenvalue weighted by Crippen LogP contribution is 2.33. The summed E-state index contributed by atoms with van der Waals surface area (Å²) in [6, 6.07) is 6.03. The fraction of sp³-hybridized carbons (Fsp3) is 0.429. The van der Waals surface area contributed by atoms with Gasteiger partial charge in [0, 0.05) is 0 Å². The van der Waals surface area contributed by atoms with E-state index in [2.05, 4.69) is 0 Å². The fourth-order valence-corrected chi connectivity index (χ4v) is 1.59. The molecule has 0 bridgehead atoms. The van der Waals surface area contributed by atoms with Gasteiger partial charge in [0.15, 0.2) is 11.5 Å². The highest BCUT2D eigenvalue weighted by Gasteiger charge is 2.22. The average molecular weight is 218 g/mol. The van der Waals surface area contributed by atoms with Crippen molar-refractivity contribution < 1.29 is 9.47 Å². The monoisotopic (exact) mass is 218 g/mol. The summed E-state index contributed by atoms with van der Waals surface area (Å²) in [6.45, 7) is 2.82. The molecule has 0 spiro atoms. The summed E-state index contributed by atoms with van der Waals surface area (Å²) in [7, 11) is 1.68. The summed E-state index contributed by atoms with van der Waals surface area (Å²) < 4.78 is 11.1. The van der Waals surface area contributed by atoms with Gasteiger partial charge in [-0.3, -0.25) is 0 Å². The van der Waals surface area contributed by atoms with Crippen molar-refractivity contribution in [3.05, 3.63) is 29.8 Å². The Bertz CT molecular complexity index is 378. The maximum absolute atomic E-state index is 5.74. The fourth-order valence-electron chi connectivity index (χ4n) is 1.59. The molecular weight excluding hydrogens is 200 g/mol. The summed E-state index contributed by atoms with van der Waals surface area (Å²) in [6.07, 6.45) is 6.67. The first kappa shape index (κ1) is 11.1. The molecule has 0 atom stereocenters. The molecule has 0 aliphatic heterocycles. The van der Waals surface area contributed by atoms with Gasteiger partial charge in [-0.25, -0.2) is 0 Å². The molecule has 86 valence electrons. The van der Waals surface area contributed by atoms with E-state index >= 15 is 0 Å². The van der Waals surface area contributed by atoms with E-state index in [1.165, 1.54) is 12.8 Å². The zero-order valence-electron chi connectivity index (χ0n) is 9.90. The number of allylic oxidation sites excluding steroid dienone is 1. The molecule has 0 N–H and O–H groups in total. The Kier molecular flexibility index (Phi) is 3.50. The average Bonchev–Trinajstić information content (AvgIpc) is 3.11. The lowest BCUT2D eigenvalue weighted by molar-refractivity contribution is 0.280. The smallest absolute Gasteiger partial charge is 0.161 e. The van der Waals surface area contributed by atoms with Crippen LogP contribution in [0.1, 0.15) is 25.3 Å². The second-order valence-electron chi connectivity index (χ2n) is 4.16. The normalized spacial score (nSPS) is 15.4. The van der Waals surface area contributed by atoms with Gasteiger partial charge in [0.1, 0.15) is 0 Å². The zero-order chi connectivity index (χ0) is 11.4. The molecule has 1 aromatic carbocycles. The second-order valence-corrected chi connectivity index (χ2v) is 4.16. The minimum Gasteiger partial charge on any atom is -0.493 e. The molecule has 0 amide bonds. The summed E-state index contributed by atoms with van der Waals surface area (Å²) in [5.74, 6) is 2.43. The number of methoxy groups -OCH3 is 1. The third-order valence-electron chi connectivity index (χ3n) is 2.72. The van der Waals surface area contributed by atoms with Crippen molar-refractivity contribution in [3.8, 4) is 11.5 Å². The quantitative estimate of drug-likeness (QED) is 0.752. The van der Waals surface area contributed by atoms with Crippen molar-refractivity contribution in [2.45, 2.75) is 19.8 Å². The van der Waals surface area contributed by atoms with Crippen LogP contribution in [0.3, 0.4) is 0 Å². The van der Waals surface area contributed by atoms with Crippen molar-refractivity contribution in [1.29, 1.82) is 0 Å². The molecule has 0 saturated heterocycles. The highest BCUT2D eigenvalue weighted by molar-refractivity contribution is 5.55. The Balaban J connectivity index is 2.09. The summed E-state index contributed by atoms with van der Waals surface area (Å²) in [5, 5.41) is 0. The van der Waals surface area contributed by atoms with Crippen molar-refractivity contribution in [2.24, 2.45) is 5.92 Å². The first-order valence-electron chi connectivity index (χ1n) is 5.77. The van der Waals surface area contributed by atoms with Crippen molar-refractivity contribution in [1.82, 2.24) is 0 Å². The van der Waals surface area contributed by atoms with Crippen LogP contribution in [0.5, 0.6) is 11.5 Å². The van der Waals surface area contributed by atoms with Crippen LogP contribution in [0.2, 0.25) is 0 Å². The Hall–Kier alpha value is -1.44. The van der Waals surface area contributed by atoms with E-state index in [1.54, 1.807) is 7.11 Å². The van der Waals surface area contributed by atoms with Gasteiger partial charge in [-0.2, -0.15) is 0 Å². The van der Waals surface area contributed by atoms with Crippen LogP contribution in [-0.4, -0.2) is 13.7 Å². The lowest BCUT2D eigenvalue weighted by Crippen LogP contribution is -2.00. The minimum absolute atomic E-state index is 0.764. The molecular formula is C14H18O2. The Morgan fingerprint density at radius 2 is 2.12 bits per heavy atom. The first-order valence-corrected chi connectivity index (χ1v) is 5.77. The molecule has 0 aromatic heterocycles. The van der Waals surface area contributed by atoms with Gasteiger partial charge in [-0.05, 0) is 43.4 Å². The van der Waals surface area contributed by atoms with Gasteiger partial charge in [-0.1, -0.05) is 18.2 Å². The number of benzene rings is 1. The van der Waals surface area contributed by atoms with E-state index < -0.39 is 0 Å². The molecule has 2 heteroatoms. The maximum atomic E-state index is 5.74. The number of ether oxygens (including phenoxy) is 2. The van der Waals surface area contributed by atoms with E-state index in [-0.39, 0.29) is 0 Å². The molecule has 0 radical (unpaired) electrons. The third kappa shape index (κ3) is 2.78.